The topological polar surface area (TPSA) is 118 Å². The number of amides is 1. The van der Waals surface area contributed by atoms with Gasteiger partial charge in [-0.15, -0.1) is 0 Å². The standard InChI is InChI=1S/C39H41N2O9P/c1-43-32-19-15-30(16-20-32)39(29-11-6-4-7-12-29,31-17-21-33(44-2)22-18-31)47-28-38-27-41(36(42)26-45-34-13-8-5-9-14-34)49-35(25-46-38)37(38)50-51(3)48-24-10-23-40/h4-9,11-22,35,37H,10,24-28H2,1-3H3/t35-,37?,38-,51?/m1/s1/i25T/t25-,35+,37?,38+,51?/m0. The zero-order chi connectivity index (χ0) is 36.6. The second-order valence-corrected chi connectivity index (χ2v) is 13.3. The maximum Gasteiger partial charge on any atom is 0.284 e. The van der Waals surface area contributed by atoms with Crippen LogP contribution in [0.2, 0.25) is 0 Å². The van der Waals surface area contributed by atoms with Crippen molar-refractivity contribution in [1.82, 2.24) is 5.06 Å². The number of para-hydroxylation sites is 1. The third-order valence-corrected chi connectivity index (χ3v) is 9.82. The van der Waals surface area contributed by atoms with Gasteiger partial charge >= 0.3 is 0 Å². The van der Waals surface area contributed by atoms with Crippen molar-refractivity contribution < 1.29 is 43.7 Å². The van der Waals surface area contributed by atoms with Gasteiger partial charge in [-0.2, -0.15) is 5.26 Å². The van der Waals surface area contributed by atoms with Gasteiger partial charge < -0.3 is 32.7 Å². The van der Waals surface area contributed by atoms with Crippen LogP contribution in [0.1, 0.15) is 24.5 Å². The van der Waals surface area contributed by atoms with Crippen molar-refractivity contribution in [3.8, 4) is 23.3 Å². The fraction of sp³-hybridized carbons (Fsp3) is 0.333. The second-order valence-electron chi connectivity index (χ2n) is 11.9. The summed E-state index contributed by atoms with van der Waals surface area (Å²) in [5, 5.41) is 10.2. The Hall–Kier alpha value is -4.53. The van der Waals surface area contributed by atoms with Crippen molar-refractivity contribution in [2.45, 2.75) is 29.8 Å². The van der Waals surface area contributed by atoms with Crippen LogP contribution in [0, 0.1) is 11.3 Å². The molecule has 0 aliphatic carbocycles. The number of benzene rings is 4. The zero-order valence-electron chi connectivity index (χ0n) is 29.7. The monoisotopic (exact) mass is 714 g/mol. The van der Waals surface area contributed by atoms with Crippen molar-refractivity contribution in [3.05, 3.63) is 126 Å². The minimum Gasteiger partial charge on any atom is -0.497 e. The number of methoxy groups -OCH3 is 2. The molecule has 2 aliphatic rings. The highest BCUT2D eigenvalue weighted by Gasteiger charge is 2.60. The fourth-order valence-corrected chi connectivity index (χ4v) is 7.23. The van der Waals surface area contributed by atoms with Crippen LogP contribution < -0.4 is 14.2 Å². The SMILES string of the molecule is [3H][C@@H]1O[C@@]2(COC(c3ccccc3)(c3ccc(OC)cc3)c3ccc(OC)cc3)CN(C(=O)COc3ccccc3)O[C@H]1C2OP(C)OCCC#N. The van der Waals surface area contributed by atoms with E-state index in [0.29, 0.717) is 17.2 Å². The van der Waals surface area contributed by atoms with Gasteiger partial charge in [0.1, 0.15) is 40.7 Å². The van der Waals surface area contributed by atoms with Gasteiger partial charge in [0.2, 0.25) is 0 Å². The number of carbonyl (C=O) groups excluding carboxylic acids is 1. The molecule has 0 spiro atoms. The van der Waals surface area contributed by atoms with Crippen LogP contribution in [0.15, 0.2) is 109 Å². The van der Waals surface area contributed by atoms with Crippen LogP contribution in [0.3, 0.4) is 0 Å². The van der Waals surface area contributed by atoms with Crippen molar-refractivity contribution >= 4 is 14.3 Å². The highest BCUT2D eigenvalue weighted by atomic mass is 31.2. The molecule has 1 amide bonds. The molecule has 5 atom stereocenters. The summed E-state index contributed by atoms with van der Waals surface area (Å²) < 4.78 is 51.7. The summed E-state index contributed by atoms with van der Waals surface area (Å²) in [6, 6.07) is 36.1. The molecule has 2 bridgehead atoms. The largest absolute Gasteiger partial charge is 0.497 e. The van der Waals surface area contributed by atoms with E-state index in [0.717, 1.165) is 16.7 Å². The first-order valence-electron chi connectivity index (χ1n) is 17.0. The number of rotatable bonds is 16. The lowest BCUT2D eigenvalue weighted by Gasteiger charge is -2.45. The summed E-state index contributed by atoms with van der Waals surface area (Å²) in [5.41, 5.74) is -0.188. The maximum absolute atomic E-state index is 13.6. The lowest BCUT2D eigenvalue weighted by molar-refractivity contribution is -0.259. The van der Waals surface area contributed by atoms with Crippen LogP contribution >= 0.6 is 8.38 Å². The van der Waals surface area contributed by atoms with Gasteiger partial charge in [0.25, 0.3) is 5.91 Å². The maximum atomic E-state index is 13.6. The van der Waals surface area contributed by atoms with E-state index in [1.807, 2.05) is 97.1 Å². The zero-order valence-corrected chi connectivity index (χ0v) is 29.6. The molecule has 2 heterocycles. The number of carbonyl (C=O) groups is 1. The molecule has 2 aliphatic heterocycles. The van der Waals surface area contributed by atoms with Gasteiger partial charge in [0, 0.05) is 6.66 Å². The molecule has 6 rings (SSSR count). The van der Waals surface area contributed by atoms with E-state index in [-0.39, 0.29) is 32.8 Å². The van der Waals surface area contributed by atoms with E-state index in [1.54, 1.807) is 33.0 Å². The number of hydrogen-bond acceptors (Lipinski definition) is 10. The van der Waals surface area contributed by atoms with Gasteiger partial charge in [-0.3, -0.25) is 9.63 Å². The molecule has 51 heavy (non-hydrogen) atoms. The summed E-state index contributed by atoms with van der Waals surface area (Å²) in [7, 11) is 1.69. The lowest BCUT2D eigenvalue weighted by Crippen LogP contribution is -2.62. The first kappa shape index (κ1) is 34.9. The van der Waals surface area contributed by atoms with Gasteiger partial charge in [-0.25, -0.2) is 5.06 Å². The summed E-state index contributed by atoms with van der Waals surface area (Å²) in [6.07, 6.45) is -1.68. The number of hydrogen-bond donors (Lipinski definition) is 0. The Morgan fingerprint density at radius 2 is 1.51 bits per heavy atom. The normalized spacial score (nSPS) is 22.0. The van der Waals surface area contributed by atoms with E-state index < -0.39 is 44.3 Å². The van der Waals surface area contributed by atoms with Crippen LogP contribution in [0.25, 0.3) is 0 Å². The van der Waals surface area contributed by atoms with Gasteiger partial charge in [0.15, 0.2) is 15.0 Å². The Morgan fingerprint density at radius 1 is 0.922 bits per heavy atom. The number of fused-ring (bicyclic) bond motifs is 2. The molecule has 266 valence electrons. The van der Waals surface area contributed by atoms with Crippen molar-refractivity contribution in [3.63, 3.8) is 0 Å². The Kier molecular flexibility index (Phi) is 11.4. The minimum absolute atomic E-state index is 0.127. The third-order valence-electron chi connectivity index (χ3n) is 8.75. The van der Waals surface area contributed by atoms with E-state index in [1.165, 1.54) is 5.06 Å². The molecule has 0 N–H and O–H groups in total. The number of hydroxylamine groups is 2. The first-order valence-corrected chi connectivity index (χ1v) is 18.1. The van der Waals surface area contributed by atoms with Crippen molar-refractivity contribution in [2.24, 2.45) is 0 Å². The third kappa shape index (κ3) is 8.03. The van der Waals surface area contributed by atoms with Crippen LogP contribution in [0.4, 0.5) is 0 Å². The Bertz CT molecular complexity index is 1750. The highest BCUT2D eigenvalue weighted by Crippen LogP contribution is 2.48. The Labute approximate surface area is 300 Å². The predicted molar refractivity (Wildman–Crippen MR) is 189 cm³/mol. The molecule has 0 radical (unpaired) electrons. The van der Waals surface area contributed by atoms with Crippen LogP contribution in [0.5, 0.6) is 17.2 Å². The van der Waals surface area contributed by atoms with Gasteiger partial charge in [-0.1, -0.05) is 72.8 Å². The molecule has 4 aromatic rings. The molecule has 2 unspecified atom stereocenters. The van der Waals surface area contributed by atoms with E-state index in [9.17, 15) is 4.79 Å². The molecule has 4 aromatic carbocycles. The Balaban J connectivity index is 1.40. The molecular formula is C39H41N2O9P. The van der Waals surface area contributed by atoms with E-state index in [2.05, 4.69) is 6.07 Å². The summed E-state index contributed by atoms with van der Waals surface area (Å²) in [5.74, 6) is 1.42. The lowest BCUT2D eigenvalue weighted by atomic mass is 9.79. The van der Waals surface area contributed by atoms with Crippen LogP contribution in [-0.4, -0.2) is 82.6 Å². The highest BCUT2D eigenvalue weighted by molar-refractivity contribution is 7.46. The number of nitrogens with zero attached hydrogens (tertiary/aromatic N) is 2. The quantitative estimate of drug-likeness (QED) is 0.0748. The van der Waals surface area contributed by atoms with Crippen LogP contribution in [-0.2, 0) is 33.8 Å². The fourth-order valence-electron chi connectivity index (χ4n) is 6.19. The first-order chi connectivity index (χ1) is 25.3. The average Bonchev–Trinajstić information content (AvgIpc) is 3.32. The van der Waals surface area contributed by atoms with Crippen molar-refractivity contribution in [2.75, 3.05) is 53.8 Å². The smallest absolute Gasteiger partial charge is 0.284 e. The molecule has 0 saturated carbocycles. The second kappa shape index (κ2) is 16.7. The summed E-state index contributed by atoms with van der Waals surface area (Å²) >= 11 is 0. The average molecular weight is 715 g/mol. The molecule has 11 nitrogen and oxygen atoms in total. The van der Waals surface area contributed by atoms with Crippen molar-refractivity contribution in [1.29, 1.82) is 5.26 Å². The minimum atomic E-state index is -1.53. The summed E-state index contributed by atoms with van der Waals surface area (Å²) in [6.45, 7) is 0.165. The predicted octanol–water partition coefficient (Wildman–Crippen LogP) is 6.26. The van der Waals surface area contributed by atoms with Gasteiger partial charge in [-0.05, 0) is 53.1 Å². The summed E-state index contributed by atoms with van der Waals surface area (Å²) in [4.78, 5) is 19.8. The molecule has 2 saturated heterocycles. The number of ether oxygens (including phenoxy) is 5. The number of nitriles is 1. The molecule has 0 aromatic heterocycles. The molecule has 2 fully saturated rings. The van der Waals surface area contributed by atoms with E-state index in [4.69, 9.17) is 44.2 Å². The van der Waals surface area contributed by atoms with Gasteiger partial charge in [0.05, 0.1) is 54.4 Å². The van der Waals surface area contributed by atoms with E-state index >= 15 is 0 Å². The Morgan fingerprint density at radius 3 is 2.10 bits per heavy atom. The molecular weight excluding hydrogens is 671 g/mol. The molecule has 12 heteroatoms.